The van der Waals surface area contributed by atoms with Crippen molar-refractivity contribution < 1.29 is 9.53 Å². The van der Waals surface area contributed by atoms with Crippen molar-refractivity contribution in [1.82, 2.24) is 0 Å². The molecule has 0 saturated carbocycles. The van der Waals surface area contributed by atoms with Crippen LogP contribution in [-0.2, 0) is 13.0 Å². The summed E-state index contributed by atoms with van der Waals surface area (Å²) < 4.78 is 5.84. The van der Waals surface area contributed by atoms with Crippen molar-refractivity contribution in [3.63, 3.8) is 0 Å². The molecule has 20 heavy (non-hydrogen) atoms. The molecule has 0 bridgehead atoms. The number of benzene rings is 2. The van der Waals surface area contributed by atoms with Gasteiger partial charge >= 0.3 is 0 Å². The highest BCUT2D eigenvalue weighted by molar-refractivity contribution is 6.30. The Morgan fingerprint density at radius 1 is 1.05 bits per heavy atom. The average Bonchev–Trinajstić information content (AvgIpc) is 2.47. The van der Waals surface area contributed by atoms with Gasteiger partial charge in [-0.15, -0.1) is 0 Å². The monoisotopic (exact) mass is 286 g/mol. The first kappa shape index (κ1) is 13.2. The maximum Gasteiger partial charge on any atom is 0.166 e. The van der Waals surface area contributed by atoms with Crippen LogP contribution in [0.25, 0.3) is 0 Å². The van der Waals surface area contributed by atoms with Crippen LogP contribution in [0.2, 0.25) is 5.02 Å². The van der Waals surface area contributed by atoms with Gasteiger partial charge in [-0.2, -0.15) is 0 Å². The lowest BCUT2D eigenvalue weighted by Gasteiger charge is -2.18. The average molecular weight is 287 g/mol. The fraction of sp³-hybridized carbons (Fsp3) is 0.235. The first-order valence-electron chi connectivity index (χ1n) is 6.76. The molecule has 0 aliphatic heterocycles. The summed E-state index contributed by atoms with van der Waals surface area (Å²) in [5.41, 5.74) is 2.91. The SMILES string of the molecule is O=C1CCCc2cccc(OCc3ccc(Cl)cc3)c21. The van der Waals surface area contributed by atoms with Gasteiger partial charge in [0.15, 0.2) is 5.78 Å². The number of halogens is 1. The van der Waals surface area contributed by atoms with E-state index >= 15 is 0 Å². The van der Waals surface area contributed by atoms with Gasteiger partial charge in [0, 0.05) is 11.4 Å². The summed E-state index contributed by atoms with van der Waals surface area (Å²) in [4.78, 5) is 12.1. The summed E-state index contributed by atoms with van der Waals surface area (Å²) in [6.45, 7) is 0.445. The number of Topliss-reactive ketones (excluding diaryl/α,β-unsaturated/α-hetero) is 1. The second-order valence-corrected chi connectivity index (χ2v) is 5.42. The van der Waals surface area contributed by atoms with E-state index in [0.29, 0.717) is 23.8 Å². The zero-order chi connectivity index (χ0) is 13.9. The highest BCUT2D eigenvalue weighted by Crippen LogP contribution is 2.30. The molecule has 3 heteroatoms. The Hall–Kier alpha value is -1.80. The number of rotatable bonds is 3. The molecule has 2 aromatic carbocycles. The third kappa shape index (κ3) is 2.70. The molecule has 0 saturated heterocycles. The molecule has 0 aromatic heterocycles. The number of fused-ring (bicyclic) bond motifs is 1. The van der Waals surface area contributed by atoms with Crippen LogP contribution in [0.1, 0.15) is 34.3 Å². The number of hydrogen-bond donors (Lipinski definition) is 0. The van der Waals surface area contributed by atoms with Crippen LogP contribution in [0.3, 0.4) is 0 Å². The standard InChI is InChI=1S/C17H15ClO2/c18-14-9-7-12(8-10-14)11-20-16-6-2-4-13-3-1-5-15(19)17(13)16/h2,4,6-10H,1,3,5,11H2. The highest BCUT2D eigenvalue weighted by atomic mass is 35.5. The summed E-state index contributed by atoms with van der Waals surface area (Å²) >= 11 is 5.86. The molecule has 3 rings (SSSR count). The van der Waals surface area contributed by atoms with Crippen molar-refractivity contribution in [2.45, 2.75) is 25.9 Å². The molecule has 0 heterocycles. The van der Waals surface area contributed by atoms with Gasteiger partial charge in [-0.05, 0) is 42.2 Å². The van der Waals surface area contributed by atoms with Crippen molar-refractivity contribution >= 4 is 17.4 Å². The molecule has 0 atom stereocenters. The van der Waals surface area contributed by atoms with Gasteiger partial charge in [0.05, 0.1) is 5.56 Å². The Morgan fingerprint density at radius 2 is 1.85 bits per heavy atom. The molecule has 1 aliphatic carbocycles. The van der Waals surface area contributed by atoms with Crippen LogP contribution in [-0.4, -0.2) is 5.78 Å². The maximum atomic E-state index is 12.1. The molecular weight excluding hydrogens is 272 g/mol. The Balaban J connectivity index is 1.81. The molecule has 0 radical (unpaired) electrons. The van der Waals surface area contributed by atoms with Gasteiger partial charge in [-0.1, -0.05) is 35.9 Å². The topological polar surface area (TPSA) is 26.3 Å². The Morgan fingerprint density at radius 3 is 2.65 bits per heavy atom. The molecule has 1 aliphatic rings. The summed E-state index contributed by atoms with van der Waals surface area (Å²) in [6.07, 6.45) is 2.51. The molecule has 0 N–H and O–H groups in total. The first-order valence-corrected chi connectivity index (χ1v) is 7.14. The van der Waals surface area contributed by atoms with E-state index in [1.807, 2.05) is 42.5 Å². The third-order valence-electron chi connectivity index (χ3n) is 3.55. The van der Waals surface area contributed by atoms with Crippen molar-refractivity contribution in [3.05, 3.63) is 64.2 Å². The molecule has 0 spiro atoms. The minimum atomic E-state index is 0.193. The summed E-state index contributed by atoms with van der Waals surface area (Å²) in [5.74, 6) is 0.889. The minimum absolute atomic E-state index is 0.193. The van der Waals surface area contributed by atoms with E-state index in [0.717, 1.165) is 29.5 Å². The second-order valence-electron chi connectivity index (χ2n) is 4.98. The van der Waals surface area contributed by atoms with Crippen LogP contribution in [0.15, 0.2) is 42.5 Å². The van der Waals surface area contributed by atoms with Crippen LogP contribution >= 0.6 is 11.6 Å². The number of ketones is 1. The quantitative estimate of drug-likeness (QED) is 0.834. The summed E-state index contributed by atoms with van der Waals surface area (Å²) in [5, 5.41) is 0.709. The fourth-order valence-corrected chi connectivity index (χ4v) is 2.65. The fourth-order valence-electron chi connectivity index (χ4n) is 2.53. The van der Waals surface area contributed by atoms with Gasteiger partial charge in [-0.25, -0.2) is 0 Å². The van der Waals surface area contributed by atoms with Crippen molar-refractivity contribution in [1.29, 1.82) is 0 Å². The Bertz CT molecular complexity index is 632. The molecule has 2 nitrogen and oxygen atoms in total. The second kappa shape index (κ2) is 5.68. The number of carbonyl (C=O) groups is 1. The molecular formula is C17H15ClO2. The normalized spacial score (nSPS) is 13.9. The van der Waals surface area contributed by atoms with E-state index in [2.05, 4.69) is 0 Å². The van der Waals surface area contributed by atoms with Crippen LogP contribution in [0, 0.1) is 0 Å². The summed E-state index contributed by atoms with van der Waals surface area (Å²) in [6, 6.07) is 13.4. The van der Waals surface area contributed by atoms with Crippen LogP contribution in [0.4, 0.5) is 0 Å². The molecule has 0 fully saturated rings. The molecule has 0 amide bonds. The van der Waals surface area contributed by atoms with Gasteiger partial charge in [0.1, 0.15) is 12.4 Å². The van der Waals surface area contributed by atoms with Crippen LogP contribution < -0.4 is 4.74 Å². The first-order chi connectivity index (χ1) is 9.74. The lowest BCUT2D eigenvalue weighted by atomic mass is 9.90. The van der Waals surface area contributed by atoms with E-state index < -0.39 is 0 Å². The number of aryl methyl sites for hydroxylation is 1. The zero-order valence-electron chi connectivity index (χ0n) is 11.1. The smallest absolute Gasteiger partial charge is 0.166 e. The number of carbonyl (C=O) groups excluding carboxylic acids is 1. The maximum absolute atomic E-state index is 12.1. The zero-order valence-corrected chi connectivity index (χ0v) is 11.8. The lowest BCUT2D eigenvalue weighted by molar-refractivity contribution is 0.0967. The Kier molecular flexibility index (Phi) is 3.75. The van der Waals surface area contributed by atoms with Crippen molar-refractivity contribution in [2.24, 2.45) is 0 Å². The number of ether oxygens (including phenoxy) is 1. The van der Waals surface area contributed by atoms with E-state index in [4.69, 9.17) is 16.3 Å². The lowest BCUT2D eigenvalue weighted by Crippen LogP contribution is -2.13. The van der Waals surface area contributed by atoms with Gasteiger partial charge in [-0.3, -0.25) is 4.79 Å². The minimum Gasteiger partial charge on any atom is -0.488 e. The predicted molar refractivity (Wildman–Crippen MR) is 79.5 cm³/mol. The molecule has 102 valence electrons. The molecule has 0 unspecified atom stereocenters. The largest absolute Gasteiger partial charge is 0.488 e. The number of hydrogen-bond acceptors (Lipinski definition) is 2. The van der Waals surface area contributed by atoms with E-state index in [1.54, 1.807) is 0 Å². The van der Waals surface area contributed by atoms with E-state index in [1.165, 1.54) is 0 Å². The third-order valence-corrected chi connectivity index (χ3v) is 3.80. The molecule has 2 aromatic rings. The Labute approximate surface area is 123 Å². The van der Waals surface area contributed by atoms with E-state index in [-0.39, 0.29) is 5.78 Å². The highest BCUT2D eigenvalue weighted by Gasteiger charge is 2.21. The van der Waals surface area contributed by atoms with Gasteiger partial charge in [0.2, 0.25) is 0 Å². The van der Waals surface area contributed by atoms with Crippen molar-refractivity contribution in [2.75, 3.05) is 0 Å². The van der Waals surface area contributed by atoms with Crippen molar-refractivity contribution in [3.8, 4) is 5.75 Å². The van der Waals surface area contributed by atoms with Gasteiger partial charge < -0.3 is 4.74 Å². The predicted octanol–water partition coefficient (Wildman–Crippen LogP) is 4.44. The van der Waals surface area contributed by atoms with E-state index in [9.17, 15) is 4.79 Å². The van der Waals surface area contributed by atoms with Crippen LogP contribution in [0.5, 0.6) is 5.75 Å². The summed E-state index contributed by atoms with van der Waals surface area (Å²) in [7, 11) is 0. The van der Waals surface area contributed by atoms with Gasteiger partial charge in [0.25, 0.3) is 0 Å².